The van der Waals surface area contributed by atoms with Crippen molar-refractivity contribution in [2.45, 2.75) is 57.7 Å². The molecule has 3 rings (SSSR count). The summed E-state index contributed by atoms with van der Waals surface area (Å²) < 4.78 is 0. The van der Waals surface area contributed by atoms with Crippen molar-refractivity contribution in [3.8, 4) is 11.5 Å². The van der Waals surface area contributed by atoms with Gasteiger partial charge in [0.15, 0.2) is 6.29 Å². The fourth-order valence-electron chi connectivity index (χ4n) is 5.62. The molecule has 0 unspecified atom stereocenters. The van der Waals surface area contributed by atoms with E-state index >= 15 is 0 Å². The number of aldehydes is 1. The van der Waals surface area contributed by atoms with Crippen LogP contribution < -0.4 is 0 Å². The van der Waals surface area contributed by atoms with Gasteiger partial charge < -0.3 is 10.2 Å². The van der Waals surface area contributed by atoms with Crippen LogP contribution >= 0.6 is 15.9 Å². The zero-order valence-electron chi connectivity index (χ0n) is 15.9. The molecule has 0 spiro atoms. The van der Waals surface area contributed by atoms with Crippen molar-refractivity contribution in [3.05, 3.63) is 35.4 Å². The third-order valence-corrected chi connectivity index (χ3v) is 9.00. The van der Waals surface area contributed by atoms with Crippen LogP contribution in [0.3, 0.4) is 0 Å². The topological polar surface area (TPSA) is 57.5 Å². The van der Waals surface area contributed by atoms with E-state index < -0.39 is 0 Å². The summed E-state index contributed by atoms with van der Waals surface area (Å²) >= 11 is 3.91. The van der Waals surface area contributed by atoms with Gasteiger partial charge in [-0.15, -0.1) is 0 Å². The minimum absolute atomic E-state index is 0.00964. The molecule has 2 aliphatic rings. The Hall–Kier alpha value is -1.29. The van der Waals surface area contributed by atoms with Gasteiger partial charge in [0.25, 0.3) is 0 Å². The van der Waals surface area contributed by atoms with Crippen LogP contribution in [0, 0.1) is 22.7 Å². The fraction of sp³-hybridized carbons (Fsp3) is 0.591. The molecule has 1 aromatic carbocycles. The third kappa shape index (κ3) is 2.90. The van der Waals surface area contributed by atoms with Crippen LogP contribution in [0.5, 0.6) is 11.5 Å². The standard InChI is InChI=1S/C22H29BrO3/c1-13-5-6-19-21(3,4)20(23)7-8-22(19,14(13)2)11-15-9-18(26)16(12-24)10-17(15)25/h9-10,12,14,19-20,25-26H,1,5-8,11H2,2-4H3/t14-,19+,20+,22+/m1/s1. The summed E-state index contributed by atoms with van der Waals surface area (Å²) in [6.07, 6.45) is 5.58. The molecule has 26 heavy (non-hydrogen) atoms. The van der Waals surface area contributed by atoms with Gasteiger partial charge in [0.05, 0.1) is 5.56 Å². The molecule has 2 aliphatic carbocycles. The smallest absolute Gasteiger partial charge is 0.153 e. The Morgan fingerprint density at radius 2 is 1.96 bits per heavy atom. The summed E-state index contributed by atoms with van der Waals surface area (Å²) in [5.74, 6) is 0.894. The number of carbonyl (C=O) groups excluding carboxylic acids is 1. The number of rotatable bonds is 3. The van der Waals surface area contributed by atoms with E-state index in [2.05, 4.69) is 43.3 Å². The second-order valence-electron chi connectivity index (χ2n) is 8.87. The van der Waals surface area contributed by atoms with Crippen LogP contribution in [0.4, 0.5) is 0 Å². The molecule has 3 nitrogen and oxygen atoms in total. The predicted molar refractivity (Wildman–Crippen MR) is 108 cm³/mol. The van der Waals surface area contributed by atoms with Crippen LogP contribution in [0.2, 0.25) is 0 Å². The average Bonchev–Trinajstić information content (AvgIpc) is 2.58. The van der Waals surface area contributed by atoms with E-state index in [0.29, 0.717) is 29.4 Å². The van der Waals surface area contributed by atoms with Gasteiger partial charge in [-0.25, -0.2) is 0 Å². The Bertz CT molecular complexity index is 739. The number of aromatic hydroxyl groups is 2. The molecule has 142 valence electrons. The van der Waals surface area contributed by atoms with Crippen molar-refractivity contribution < 1.29 is 15.0 Å². The molecule has 2 N–H and O–H groups in total. The molecule has 4 heteroatoms. The molecule has 0 heterocycles. The number of phenols is 2. The highest BCUT2D eigenvalue weighted by atomic mass is 79.9. The Morgan fingerprint density at radius 1 is 1.27 bits per heavy atom. The normalized spacial score (nSPS) is 33.5. The van der Waals surface area contributed by atoms with Gasteiger partial charge in [-0.1, -0.05) is 48.9 Å². The van der Waals surface area contributed by atoms with Crippen molar-refractivity contribution >= 4 is 22.2 Å². The number of fused-ring (bicyclic) bond motifs is 1. The largest absolute Gasteiger partial charge is 0.508 e. The molecule has 0 aliphatic heterocycles. The summed E-state index contributed by atoms with van der Waals surface area (Å²) in [6.45, 7) is 11.3. The maximum absolute atomic E-state index is 11.0. The van der Waals surface area contributed by atoms with Crippen LogP contribution in [-0.2, 0) is 6.42 Å². The number of benzene rings is 1. The second kappa shape index (κ2) is 6.70. The SMILES string of the molecule is C=C1CC[C@H]2C(C)(C)[C@@H](Br)CC[C@]2(Cc2cc(O)c(C=O)cc2O)[C@@H]1C. The van der Waals surface area contributed by atoms with Crippen molar-refractivity contribution in [3.63, 3.8) is 0 Å². The lowest BCUT2D eigenvalue weighted by Gasteiger charge is -2.60. The first-order valence-electron chi connectivity index (χ1n) is 9.45. The molecule has 1 aromatic rings. The summed E-state index contributed by atoms with van der Waals surface area (Å²) in [4.78, 5) is 11.5. The molecule has 0 bridgehead atoms. The van der Waals surface area contributed by atoms with Crippen molar-refractivity contribution in [2.75, 3.05) is 0 Å². The lowest BCUT2D eigenvalue weighted by Crippen LogP contribution is -2.55. The minimum Gasteiger partial charge on any atom is -0.508 e. The van der Waals surface area contributed by atoms with E-state index in [-0.39, 0.29) is 27.9 Å². The molecule has 2 fully saturated rings. The zero-order chi connectivity index (χ0) is 19.3. The lowest BCUT2D eigenvalue weighted by atomic mass is 9.46. The first kappa shape index (κ1) is 19.5. The number of phenolic OH excluding ortho intramolecular Hbond substituents is 2. The Labute approximate surface area is 164 Å². The van der Waals surface area contributed by atoms with E-state index in [9.17, 15) is 15.0 Å². The summed E-state index contributed by atoms with van der Waals surface area (Å²) in [5, 5.41) is 20.6. The first-order valence-corrected chi connectivity index (χ1v) is 10.4. The van der Waals surface area contributed by atoms with Crippen LogP contribution in [0.25, 0.3) is 0 Å². The van der Waals surface area contributed by atoms with Gasteiger partial charge in [0.2, 0.25) is 0 Å². The molecule has 0 aromatic heterocycles. The number of hydrogen-bond acceptors (Lipinski definition) is 3. The zero-order valence-corrected chi connectivity index (χ0v) is 17.5. The average molecular weight is 421 g/mol. The lowest BCUT2D eigenvalue weighted by molar-refractivity contribution is -0.0548. The Kier molecular flexibility index (Phi) is 5.02. The quantitative estimate of drug-likeness (QED) is 0.288. The molecular formula is C22H29BrO3. The van der Waals surface area contributed by atoms with E-state index in [1.807, 2.05) is 0 Å². The van der Waals surface area contributed by atoms with E-state index in [1.54, 1.807) is 6.07 Å². The summed E-state index contributed by atoms with van der Waals surface area (Å²) in [7, 11) is 0. The molecular weight excluding hydrogens is 392 g/mol. The predicted octanol–water partition coefficient (Wildman–Crippen LogP) is 5.63. The fourth-order valence-corrected chi connectivity index (χ4v) is 6.17. The Balaban J connectivity index is 2.07. The van der Waals surface area contributed by atoms with Crippen LogP contribution in [0.15, 0.2) is 24.3 Å². The molecule has 2 saturated carbocycles. The van der Waals surface area contributed by atoms with Crippen molar-refractivity contribution in [1.29, 1.82) is 0 Å². The molecule has 4 atom stereocenters. The minimum atomic E-state index is -0.0588. The molecule has 0 radical (unpaired) electrons. The van der Waals surface area contributed by atoms with E-state index in [1.165, 1.54) is 11.6 Å². The van der Waals surface area contributed by atoms with Gasteiger partial charge in [0, 0.05) is 4.83 Å². The van der Waals surface area contributed by atoms with Crippen molar-refractivity contribution in [1.82, 2.24) is 0 Å². The molecule has 0 saturated heterocycles. The highest BCUT2D eigenvalue weighted by molar-refractivity contribution is 9.09. The highest BCUT2D eigenvalue weighted by Crippen LogP contribution is 2.63. The van der Waals surface area contributed by atoms with Gasteiger partial charge in [0.1, 0.15) is 11.5 Å². The summed E-state index contributed by atoms with van der Waals surface area (Å²) in [5.41, 5.74) is 2.30. The van der Waals surface area contributed by atoms with E-state index in [4.69, 9.17) is 0 Å². The summed E-state index contributed by atoms with van der Waals surface area (Å²) in [6, 6.07) is 2.95. The maximum Gasteiger partial charge on any atom is 0.153 e. The number of hydrogen-bond donors (Lipinski definition) is 2. The monoisotopic (exact) mass is 420 g/mol. The first-order chi connectivity index (χ1) is 12.1. The Morgan fingerprint density at radius 3 is 2.62 bits per heavy atom. The van der Waals surface area contributed by atoms with Crippen molar-refractivity contribution in [2.24, 2.45) is 22.7 Å². The number of carbonyl (C=O) groups is 1. The number of halogens is 1. The molecule has 0 amide bonds. The number of alkyl halides is 1. The maximum atomic E-state index is 11.0. The van der Waals surface area contributed by atoms with Crippen LogP contribution in [0.1, 0.15) is 62.4 Å². The second-order valence-corrected chi connectivity index (χ2v) is 9.97. The van der Waals surface area contributed by atoms with Gasteiger partial charge in [-0.05, 0) is 72.5 Å². The number of allylic oxidation sites excluding steroid dienone is 1. The van der Waals surface area contributed by atoms with E-state index in [0.717, 1.165) is 31.2 Å². The van der Waals surface area contributed by atoms with Gasteiger partial charge >= 0.3 is 0 Å². The third-order valence-electron chi connectivity index (χ3n) is 7.37. The van der Waals surface area contributed by atoms with Crippen LogP contribution in [-0.4, -0.2) is 21.3 Å². The van der Waals surface area contributed by atoms with Gasteiger partial charge in [-0.2, -0.15) is 0 Å². The van der Waals surface area contributed by atoms with Gasteiger partial charge in [-0.3, -0.25) is 4.79 Å². The highest BCUT2D eigenvalue weighted by Gasteiger charge is 2.56.